The van der Waals surface area contributed by atoms with Gasteiger partial charge in [-0.15, -0.1) is 0 Å². The highest BCUT2D eigenvalue weighted by atomic mass is 19.4. The number of alkyl halides is 3. The van der Waals surface area contributed by atoms with Crippen molar-refractivity contribution in [1.82, 2.24) is 19.4 Å². The topological polar surface area (TPSA) is 50.6 Å². The summed E-state index contributed by atoms with van der Waals surface area (Å²) in [5.74, 6) is 2.23. The summed E-state index contributed by atoms with van der Waals surface area (Å²) in [6.07, 6.45) is 5.34. The molecule has 1 aromatic rings. The van der Waals surface area contributed by atoms with Crippen molar-refractivity contribution in [2.75, 3.05) is 32.7 Å². The fourth-order valence-corrected chi connectivity index (χ4v) is 5.45. The second-order valence-corrected chi connectivity index (χ2v) is 9.60. The molecule has 1 amide bonds. The van der Waals surface area contributed by atoms with Gasteiger partial charge in [-0.3, -0.25) is 0 Å². The van der Waals surface area contributed by atoms with E-state index in [-0.39, 0.29) is 12.6 Å². The van der Waals surface area contributed by atoms with E-state index in [0.717, 1.165) is 18.8 Å². The quantitative estimate of drug-likeness (QED) is 0.572. The normalized spacial score (nSPS) is 26.3. The van der Waals surface area contributed by atoms with Crippen LogP contribution in [0.5, 0.6) is 5.88 Å². The van der Waals surface area contributed by atoms with E-state index >= 15 is 0 Å². The minimum absolute atomic E-state index is 0.0794. The number of nitrogens with zero attached hydrogens (tertiary/aromatic N) is 4. The zero-order valence-corrected chi connectivity index (χ0v) is 18.2. The van der Waals surface area contributed by atoms with Gasteiger partial charge < -0.3 is 19.1 Å². The molecule has 2 unspecified atom stereocenters. The fourth-order valence-electron chi connectivity index (χ4n) is 5.45. The smallest absolute Gasteiger partial charge is 0.389 e. The first-order valence-corrected chi connectivity index (χ1v) is 11.5. The van der Waals surface area contributed by atoms with Crippen LogP contribution in [0.4, 0.5) is 18.0 Å². The molecule has 0 bridgehead atoms. The van der Waals surface area contributed by atoms with E-state index in [1.807, 2.05) is 11.9 Å². The Labute approximate surface area is 181 Å². The average molecular weight is 443 g/mol. The Morgan fingerprint density at radius 3 is 2.58 bits per heavy atom. The Morgan fingerprint density at radius 2 is 1.97 bits per heavy atom. The molecule has 3 fully saturated rings. The third-order valence-electron chi connectivity index (χ3n) is 7.24. The van der Waals surface area contributed by atoms with E-state index in [9.17, 15) is 18.0 Å². The number of hydrogen-bond acceptors (Lipinski definition) is 4. The van der Waals surface area contributed by atoms with Crippen LogP contribution < -0.4 is 4.74 Å². The van der Waals surface area contributed by atoms with Crippen molar-refractivity contribution in [2.24, 2.45) is 30.7 Å². The van der Waals surface area contributed by atoms with Gasteiger partial charge in [-0.2, -0.15) is 13.2 Å². The van der Waals surface area contributed by atoms with Crippen LogP contribution in [0.3, 0.4) is 0 Å². The molecule has 0 N–H and O–H groups in total. The van der Waals surface area contributed by atoms with E-state index in [1.54, 1.807) is 22.0 Å². The maximum atomic E-state index is 12.8. The number of likely N-dealkylation sites (tertiary alicyclic amines) is 1. The molecule has 4 rings (SSSR count). The number of imidazole rings is 1. The summed E-state index contributed by atoms with van der Waals surface area (Å²) in [4.78, 5) is 20.6. The van der Waals surface area contributed by atoms with Gasteiger partial charge in [-0.1, -0.05) is 25.7 Å². The average Bonchev–Trinajstić information content (AvgIpc) is 3.21. The van der Waals surface area contributed by atoms with Crippen molar-refractivity contribution in [3.05, 3.63) is 12.5 Å². The van der Waals surface area contributed by atoms with Crippen molar-refractivity contribution in [2.45, 2.75) is 51.1 Å². The predicted molar refractivity (Wildman–Crippen MR) is 110 cm³/mol. The Hall–Kier alpha value is -1.77. The molecule has 1 aromatic heterocycles. The van der Waals surface area contributed by atoms with Crippen LogP contribution in [-0.4, -0.2) is 64.3 Å². The number of halogens is 3. The highest BCUT2D eigenvalue weighted by Gasteiger charge is 2.56. The lowest BCUT2D eigenvalue weighted by Gasteiger charge is -2.25. The molecule has 31 heavy (non-hydrogen) atoms. The SMILES string of the molecule is Cn1cnc(OC(=O)N(CCCC2CCCC2)CC2C3CN(CCC(F)(F)F)CC32)c1. The zero-order chi connectivity index (χ0) is 22.0. The first kappa shape index (κ1) is 22.4. The second-order valence-electron chi connectivity index (χ2n) is 9.60. The monoisotopic (exact) mass is 442 g/mol. The molecule has 1 saturated heterocycles. The number of piperidine rings is 1. The molecular weight excluding hydrogens is 409 g/mol. The summed E-state index contributed by atoms with van der Waals surface area (Å²) in [5.41, 5.74) is 0. The maximum absolute atomic E-state index is 12.8. The first-order valence-electron chi connectivity index (χ1n) is 11.5. The van der Waals surface area contributed by atoms with Crippen molar-refractivity contribution in [3.63, 3.8) is 0 Å². The minimum Gasteiger partial charge on any atom is -0.389 e. The number of ether oxygens (including phenoxy) is 1. The summed E-state index contributed by atoms with van der Waals surface area (Å²) < 4.78 is 44.6. The number of rotatable bonds is 9. The lowest BCUT2D eigenvalue weighted by molar-refractivity contribution is -0.137. The third kappa shape index (κ3) is 6.14. The molecule has 2 atom stereocenters. The molecule has 2 heterocycles. The number of amides is 1. The lowest BCUT2D eigenvalue weighted by Crippen LogP contribution is -2.38. The number of aromatic nitrogens is 2. The van der Waals surface area contributed by atoms with E-state index in [4.69, 9.17) is 4.74 Å². The third-order valence-corrected chi connectivity index (χ3v) is 7.24. The van der Waals surface area contributed by atoms with Crippen molar-refractivity contribution < 1.29 is 22.7 Å². The van der Waals surface area contributed by atoms with Crippen LogP contribution >= 0.6 is 0 Å². The summed E-state index contributed by atoms with van der Waals surface area (Å²) >= 11 is 0. The summed E-state index contributed by atoms with van der Waals surface area (Å²) in [6, 6.07) is 0. The molecular formula is C22H33F3N4O2. The number of aryl methyl sites for hydroxylation is 1. The molecule has 0 radical (unpaired) electrons. The van der Waals surface area contributed by atoms with Crippen molar-refractivity contribution in [3.8, 4) is 5.88 Å². The number of carbonyl (C=O) groups excluding carboxylic acids is 1. The number of hydrogen-bond donors (Lipinski definition) is 0. The van der Waals surface area contributed by atoms with Gasteiger partial charge in [0.05, 0.1) is 18.9 Å². The highest BCUT2D eigenvalue weighted by Crippen LogP contribution is 2.52. The van der Waals surface area contributed by atoms with E-state index in [2.05, 4.69) is 4.98 Å². The van der Waals surface area contributed by atoms with Crippen molar-refractivity contribution >= 4 is 6.09 Å². The van der Waals surface area contributed by atoms with Gasteiger partial charge in [-0.25, -0.2) is 9.78 Å². The van der Waals surface area contributed by atoms with Crippen LogP contribution in [0, 0.1) is 23.7 Å². The Morgan fingerprint density at radius 1 is 1.26 bits per heavy atom. The summed E-state index contributed by atoms with van der Waals surface area (Å²) in [6.45, 7) is 2.78. The van der Waals surface area contributed by atoms with Crippen LogP contribution in [0.1, 0.15) is 44.9 Å². The van der Waals surface area contributed by atoms with E-state index in [0.29, 0.717) is 49.8 Å². The van der Waals surface area contributed by atoms with Gasteiger partial charge >= 0.3 is 12.3 Å². The maximum Gasteiger partial charge on any atom is 0.416 e. The number of carbonyl (C=O) groups is 1. The van der Waals surface area contributed by atoms with Crippen molar-refractivity contribution in [1.29, 1.82) is 0 Å². The minimum atomic E-state index is -4.10. The fraction of sp³-hybridized carbons (Fsp3) is 0.818. The molecule has 2 saturated carbocycles. The van der Waals surface area contributed by atoms with Gasteiger partial charge in [-0.05, 0) is 36.5 Å². The molecule has 0 aromatic carbocycles. The molecule has 3 aliphatic rings. The summed E-state index contributed by atoms with van der Waals surface area (Å²) in [7, 11) is 1.82. The van der Waals surface area contributed by atoms with Crippen LogP contribution in [0.15, 0.2) is 12.5 Å². The number of fused-ring (bicyclic) bond motifs is 1. The molecule has 1 aliphatic heterocycles. The molecule has 6 nitrogen and oxygen atoms in total. The van der Waals surface area contributed by atoms with E-state index < -0.39 is 12.6 Å². The van der Waals surface area contributed by atoms with Crippen LogP contribution in [0.25, 0.3) is 0 Å². The van der Waals surface area contributed by atoms with Crippen LogP contribution in [0.2, 0.25) is 0 Å². The van der Waals surface area contributed by atoms with Gasteiger partial charge in [0.25, 0.3) is 0 Å². The Kier molecular flexibility index (Phi) is 6.79. The molecule has 0 spiro atoms. The summed E-state index contributed by atoms with van der Waals surface area (Å²) in [5, 5.41) is 0. The Balaban J connectivity index is 1.27. The van der Waals surface area contributed by atoms with Gasteiger partial charge in [0.1, 0.15) is 0 Å². The van der Waals surface area contributed by atoms with Gasteiger partial charge in [0, 0.05) is 39.8 Å². The molecule has 9 heteroatoms. The van der Waals surface area contributed by atoms with Gasteiger partial charge in [0.2, 0.25) is 5.88 Å². The van der Waals surface area contributed by atoms with E-state index in [1.165, 1.54) is 25.7 Å². The predicted octanol–water partition coefficient (Wildman–Crippen LogP) is 4.32. The molecule has 174 valence electrons. The Bertz CT molecular complexity index is 735. The second kappa shape index (κ2) is 9.38. The van der Waals surface area contributed by atoms with Crippen LogP contribution in [-0.2, 0) is 7.05 Å². The standard InChI is InChI=1S/C22H33F3N4O2/c1-27-14-20(26-15-27)31-21(30)29(9-4-7-16-5-2-3-6-16)13-19-17-11-28(12-18(17)19)10-8-22(23,24)25/h14-19H,2-13H2,1H3. The van der Waals surface area contributed by atoms with Gasteiger partial charge in [0.15, 0.2) is 0 Å². The first-order chi connectivity index (χ1) is 14.8. The molecule has 2 aliphatic carbocycles. The largest absolute Gasteiger partial charge is 0.416 e. The highest BCUT2D eigenvalue weighted by molar-refractivity contribution is 5.70. The lowest BCUT2D eigenvalue weighted by atomic mass is 10.0. The zero-order valence-electron chi connectivity index (χ0n) is 18.2.